The van der Waals surface area contributed by atoms with E-state index >= 15 is 0 Å². The van der Waals surface area contributed by atoms with Gasteiger partial charge in [-0.3, -0.25) is 4.57 Å². The third-order valence-electron chi connectivity index (χ3n) is 6.39. The predicted octanol–water partition coefficient (Wildman–Crippen LogP) is 2.42. The van der Waals surface area contributed by atoms with E-state index in [4.69, 9.17) is 9.47 Å². The highest BCUT2D eigenvalue weighted by molar-refractivity contribution is 7.91. The summed E-state index contributed by atoms with van der Waals surface area (Å²) in [4.78, 5) is 19.1. The fourth-order valence-corrected chi connectivity index (χ4v) is 6.23. The number of ether oxygens (including phenoxy) is 2. The van der Waals surface area contributed by atoms with Crippen LogP contribution in [0, 0.1) is 6.92 Å². The van der Waals surface area contributed by atoms with Gasteiger partial charge in [0, 0.05) is 31.0 Å². The lowest BCUT2D eigenvalue weighted by Gasteiger charge is -2.32. The number of nitrogens with zero attached hydrogens (tertiary/aromatic N) is 8. The van der Waals surface area contributed by atoms with Crippen molar-refractivity contribution >= 4 is 15.8 Å². The first-order valence-corrected chi connectivity index (χ1v) is 13.8. The highest BCUT2D eigenvalue weighted by atomic mass is 32.2. The van der Waals surface area contributed by atoms with Gasteiger partial charge in [-0.1, -0.05) is 30.3 Å². The molecule has 0 spiro atoms. The normalized spacial score (nSPS) is 15.9. The summed E-state index contributed by atoms with van der Waals surface area (Å²) >= 11 is 0. The fourth-order valence-electron chi connectivity index (χ4n) is 4.52. The summed E-state index contributed by atoms with van der Waals surface area (Å²) in [7, 11) is -0.726. The van der Waals surface area contributed by atoms with Crippen molar-refractivity contribution in [1.82, 2.24) is 34.7 Å². The van der Waals surface area contributed by atoms with Gasteiger partial charge in [-0.25, -0.2) is 18.4 Å². The molecule has 1 saturated heterocycles. The van der Waals surface area contributed by atoms with E-state index in [0.29, 0.717) is 43.4 Å². The van der Waals surface area contributed by atoms with Crippen LogP contribution < -0.4 is 14.4 Å². The zero-order chi connectivity index (χ0) is 26.7. The van der Waals surface area contributed by atoms with E-state index in [1.54, 1.807) is 17.0 Å². The van der Waals surface area contributed by atoms with Crippen molar-refractivity contribution in [3.8, 4) is 28.8 Å². The molecular formula is C25H28N8O4S. The monoisotopic (exact) mass is 536 g/mol. The first-order valence-electron chi connectivity index (χ1n) is 12.1. The Morgan fingerprint density at radius 3 is 2.32 bits per heavy atom. The van der Waals surface area contributed by atoms with Crippen LogP contribution >= 0.6 is 0 Å². The molecule has 0 saturated carbocycles. The average Bonchev–Trinajstić information content (AvgIpc) is 3.35. The van der Waals surface area contributed by atoms with Crippen LogP contribution in [0.4, 0.5) is 5.95 Å². The molecule has 0 N–H and O–H groups in total. The van der Waals surface area contributed by atoms with Gasteiger partial charge in [-0.15, -0.1) is 10.2 Å². The number of methoxy groups -OCH3 is 2. The lowest BCUT2D eigenvalue weighted by molar-refractivity contribution is 0.368. The standard InChI is InChI=1S/C25H28N8O4S/c1-17-12-26-25(27-13-17)32-11-7-10-19(14-32)38(34,35)15-20-30-31-22(18-8-5-4-6-9-18)33(20)21-23(36-2)28-16-29-24(21)37-3/h4-6,8-9,12-13,16,19H,7,10-11,14-15H2,1-3H3/t19-/m0/s1. The molecule has 0 bridgehead atoms. The molecule has 1 aromatic carbocycles. The molecular weight excluding hydrogens is 508 g/mol. The minimum absolute atomic E-state index is 0.202. The molecule has 38 heavy (non-hydrogen) atoms. The summed E-state index contributed by atoms with van der Waals surface area (Å²) < 4.78 is 40.2. The molecule has 1 fully saturated rings. The summed E-state index contributed by atoms with van der Waals surface area (Å²) in [6, 6.07) is 9.34. The molecule has 5 rings (SSSR count). The van der Waals surface area contributed by atoms with Crippen LogP contribution in [0.25, 0.3) is 17.1 Å². The maximum atomic E-state index is 13.8. The number of hydrogen-bond acceptors (Lipinski definition) is 11. The third kappa shape index (κ3) is 5.01. The van der Waals surface area contributed by atoms with Crippen molar-refractivity contribution in [2.45, 2.75) is 30.8 Å². The number of piperidine rings is 1. The van der Waals surface area contributed by atoms with Crippen LogP contribution in [0.5, 0.6) is 11.8 Å². The van der Waals surface area contributed by atoms with Gasteiger partial charge in [0.15, 0.2) is 27.2 Å². The minimum Gasteiger partial charge on any atom is -0.479 e. The Morgan fingerprint density at radius 1 is 0.974 bits per heavy atom. The number of aryl methyl sites for hydroxylation is 1. The van der Waals surface area contributed by atoms with E-state index in [9.17, 15) is 8.42 Å². The van der Waals surface area contributed by atoms with E-state index in [1.165, 1.54) is 20.5 Å². The molecule has 1 aliphatic rings. The molecule has 198 valence electrons. The second kappa shape index (κ2) is 10.7. The van der Waals surface area contributed by atoms with Gasteiger partial charge in [0.25, 0.3) is 0 Å². The van der Waals surface area contributed by atoms with Crippen molar-refractivity contribution in [2.75, 3.05) is 32.2 Å². The first-order chi connectivity index (χ1) is 18.4. The molecule has 13 heteroatoms. The number of benzene rings is 1. The minimum atomic E-state index is -3.67. The van der Waals surface area contributed by atoms with Crippen LogP contribution in [0.2, 0.25) is 0 Å². The Balaban J connectivity index is 1.54. The van der Waals surface area contributed by atoms with E-state index in [2.05, 4.69) is 30.1 Å². The zero-order valence-corrected chi connectivity index (χ0v) is 22.2. The Morgan fingerprint density at radius 2 is 1.66 bits per heavy atom. The highest BCUT2D eigenvalue weighted by Gasteiger charge is 2.34. The van der Waals surface area contributed by atoms with Crippen LogP contribution in [-0.4, -0.2) is 75.7 Å². The zero-order valence-electron chi connectivity index (χ0n) is 21.4. The van der Waals surface area contributed by atoms with Gasteiger partial charge in [0.2, 0.25) is 17.7 Å². The maximum Gasteiger partial charge on any atom is 0.245 e. The molecule has 1 atom stereocenters. The molecule has 1 aliphatic heterocycles. The second-order valence-electron chi connectivity index (χ2n) is 8.96. The second-order valence-corrected chi connectivity index (χ2v) is 11.2. The maximum absolute atomic E-state index is 13.8. The van der Waals surface area contributed by atoms with Crippen molar-refractivity contribution in [3.63, 3.8) is 0 Å². The van der Waals surface area contributed by atoms with Gasteiger partial charge >= 0.3 is 0 Å². The lowest BCUT2D eigenvalue weighted by Crippen LogP contribution is -2.43. The number of hydrogen-bond donors (Lipinski definition) is 0. The quantitative estimate of drug-likeness (QED) is 0.328. The largest absolute Gasteiger partial charge is 0.479 e. The summed E-state index contributed by atoms with van der Waals surface area (Å²) in [5.41, 5.74) is 2.00. The Hall–Kier alpha value is -4.13. The molecule has 0 amide bonds. The number of sulfone groups is 1. The van der Waals surface area contributed by atoms with Crippen LogP contribution in [-0.2, 0) is 15.6 Å². The van der Waals surface area contributed by atoms with Gasteiger partial charge < -0.3 is 14.4 Å². The van der Waals surface area contributed by atoms with Crippen LogP contribution in [0.15, 0.2) is 49.1 Å². The van der Waals surface area contributed by atoms with Crippen molar-refractivity contribution in [3.05, 3.63) is 60.4 Å². The summed E-state index contributed by atoms with van der Waals surface area (Å²) in [5, 5.41) is 8.06. The van der Waals surface area contributed by atoms with Gasteiger partial charge in [0.05, 0.1) is 19.5 Å². The molecule has 0 aliphatic carbocycles. The summed E-state index contributed by atoms with van der Waals surface area (Å²) in [6.45, 7) is 2.90. The lowest BCUT2D eigenvalue weighted by atomic mass is 10.1. The molecule has 4 aromatic rings. The molecule has 0 radical (unpaired) electrons. The van der Waals surface area contributed by atoms with E-state index in [1.807, 2.05) is 42.2 Å². The van der Waals surface area contributed by atoms with Crippen molar-refractivity contribution in [2.24, 2.45) is 0 Å². The van der Waals surface area contributed by atoms with Gasteiger partial charge in [-0.05, 0) is 25.3 Å². The number of anilines is 1. The average molecular weight is 537 g/mol. The molecule has 0 unspecified atom stereocenters. The van der Waals surface area contributed by atoms with Crippen LogP contribution in [0.3, 0.4) is 0 Å². The van der Waals surface area contributed by atoms with E-state index in [0.717, 1.165) is 11.1 Å². The molecule has 4 heterocycles. The van der Waals surface area contributed by atoms with E-state index < -0.39 is 15.1 Å². The fraction of sp³-hybridized carbons (Fsp3) is 0.360. The first kappa shape index (κ1) is 25.5. The number of aromatic nitrogens is 7. The van der Waals surface area contributed by atoms with Crippen molar-refractivity contribution < 1.29 is 17.9 Å². The smallest absolute Gasteiger partial charge is 0.245 e. The van der Waals surface area contributed by atoms with Gasteiger partial charge in [-0.2, -0.15) is 9.97 Å². The third-order valence-corrected chi connectivity index (χ3v) is 8.46. The molecule has 3 aromatic heterocycles. The van der Waals surface area contributed by atoms with Crippen molar-refractivity contribution in [1.29, 1.82) is 0 Å². The van der Waals surface area contributed by atoms with Gasteiger partial charge in [0.1, 0.15) is 12.1 Å². The SMILES string of the molecule is COc1ncnc(OC)c1-n1c(CS(=O)(=O)[C@H]2CCCN(c3ncc(C)cn3)C2)nnc1-c1ccccc1. The number of rotatable bonds is 8. The summed E-state index contributed by atoms with van der Waals surface area (Å²) in [6.07, 6.45) is 6.02. The Bertz CT molecular complexity index is 1490. The predicted molar refractivity (Wildman–Crippen MR) is 140 cm³/mol. The Kier molecular flexibility index (Phi) is 7.18. The van der Waals surface area contributed by atoms with Crippen LogP contribution in [0.1, 0.15) is 24.2 Å². The summed E-state index contributed by atoms with van der Waals surface area (Å²) in [5.74, 6) is 1.21. The molecule has 12 nitrogen and oxygen atoms in total. The Labute approximate surface area is 220 Å². The topological polar surface area (TPSA) is 138 Å². The highest BCUT2D eigenvalue weighted by Crippen LogP contribution is 2.34. The van der Waals surface area contributed by atoms with E-state index in [-0.39, 0.29) is 23.3 Å².